The zero-order valence-electron chi connectivity index (χ0n) is 43.3. The number of carboxylic acid groups (broad SMARTS) is 1. The van der Waals surface area contributed by atoms with E-state index in [2.05, 4.69) is 74.6 Å². The molecule has 0 aromatic rings. The molecule has 0 bridgehead atoms. The van der Waals surface area contributed by atoms with Crippen LogP contribution in [0.25, 0.3) is 0 Å². The van der Waals surface area contributed by atoms with Crippen molar-refractivity contribution in [2.45, 2.75) is 238 Å². The van der Waals surface area contributed by atoms with Crippen LogP contribution in [-0.4, -0.2) is 82.3 Å². The predicted octanol–water partition coefficient (Wildman–Crippen LogP) is 14.0. The first-order valence-electron chi connectivity index (χ1n) is 26.9. The Morgan fingerprint density at radius 1 is 0.470 bits per heavy atom. The van der Waals surface area contributed by atoms with Gasteiger partial charge in [0.25, 0.3) is 0 Å². The summed E-state index contributed by atoms with van der Waals surface area (Å²) in [5.74, 6) is -2.28. The van der Waals surface area contributed by atoms with Crippen molar-refractivity contribution < 1.29 is 42.9 Å². The molecule has 0 aliphatic carbocycles. The molecule has 0 aliphatic heterocycles. The number of carbonyl (C=O) groups is 3. The van der Waals surface area contributed by atoms with Gasteiger partial charge in [0.2, 0.25) is 0 Å². The van der Waals surface area contributed by atoms with Gasteiger partial charge in [-0.05, 0) is 57.8 Å². The third-order valence-electron chi connectivity index (χ3n) is 11.5. The Bertz CT molecular complexity index is 1270. The fourth-order valence-corrected chi connectivity index (χ4v) is 7.39. The molecule has 0 N–H and O–H groups in total. The molecule has 0 heterocycles. The van der Waals surface area contributed by atoms with E-state index in [0.717, 1.165) is 70.6 Å². The first-order valence-corrected chi connectivity index (χ1v) is 26.9. The van der Waals surface area contributed by atoms with Crippen LogP contribution in [0, 0.1) is 0 Å². The van der Waals surface area contributed by atoms with Crippen LogP contribution in [0.1, 0.15) is 226 Å². The quantitative estimate of drug-likeness (QED) is 0.0195. The number of nitrogens with zero attached hydrogens (tertiary/aromatic N) is 1. The largest absolute Gasteiger partial charge is 0.545 e. The van der Waals surface area contributed by atoms with Gasteiger partial charge in [0.1, 0.15) is 13.2 Å². The van der Waals surface area contributed by atoms with Gasteiger partial charge in [0.15, 0.2) is 12.4 Å². The number of hydrogen-bond donors (Lipinski definition) is 0. The van der Waals surface area contributed by atoms with Gasteiger partial charge in [-0.1, -0.05) is 216 Å². The van der Waals surface area contributed by atoms with Crippen LogP contribution in [0.5, 0.6) is 0 Å². The Morgan fingerprint density at radius 2 is 0.864 bits per heavy atom. The monoisotopic (exact) mass is 928 g/mol. The van der Waals surface area contributed by atoms with Crippen molar-refractivity contribution >= 4 is 17.9 Å². The lowest BCUT2D eigenvalue weighted by Gasteiger charge is -2.26. The van der Waals surface area contributed by atoms with Gasteiger partial charge in [-0.3, -0.25) is 9.59 Å². The van der Waals surface area contributed by atoms with E-state index in [1.807, 2.05) is 21.1 Å². The summed E-state index contributed by atoms with van der Waals surface area (Å²) in [5, 5.41) is 11.7. The number of quaternary nitrogens is 1. The number of allylic oxidation sites excluding steroid dienone is 10. The molecule has 0 aliphatic rings. The summed E-state index contributed by atoms with van der Waals surface area (Å²) >= 11 is 0. The predicted molar refractivity (Wildman–Crippen MR) is 274 cm³/mol. The number of carboxylic acids is 1. The average molecular weight is 928 g/mol. The Hall–Kier alpha value is -3.01. The number of carbonyl (C=O) groups excluding carboxylic acids is 3. The summed E-state index contributed by atoms with van der Waals surface area (Å²) in [6.45, 7) is 4.63. The van der Waals surface area contributed by atoms with E-state index < -0.39 is 24.3 Å². The van der Waals surface area contributed by atoms with E-state index in [9.17, 15) is 19.5 Å². The van der Waals surface area contributed by atoms with Gasteiger partial charge in [-0.2, -0.15) is 0 Å². The van der Waals surface area contributed by atoms with Crippen LogP contribution in [0.3, 0.4) is 0 Å². The summed E-state index contributed by atoms with van der Waals surface area (Å²) < 4.78 is 22.6. The molecule has 0 spiro atoms. The van der Waals surface area contributed by atoms with Gasteiger partial charge in [-0.15, -0.1) is 0 Å². The number of esters is 2. The fourth-order valence-electron chi connectivity index (χ4n) is 7.39. The molecule has 0 aromatic carbocycles. The molecular weight excluding hydrogens is 827 g/mol. The Labute approximate surface area is 405 Å². The summed E-state index contributed by atoms with van der Waals surface area (Å²) in [7, 11) is 5.92. The minimum Gasteiger partial charge on any atom is -0.545 e. The normalized spacial score (nSPS) is 13.3. The van der Waals surface area contributed by atoms with Gasteiger partial charge in [0, 0.05) is 12.8 Å². The zero-order valence-corrected chi connectivity index (χ0v) is 43.3. The van der Waals surface area contributed by atoms with Gasteiger partial charge in [0.05, 0.1) is 40.3 Å². The van der Waals surface area contributed by atoms with Crippen molar-refractivity contribution in [3.63, 3.8) is 0 Å². The first-order chi connectivity index (χ1) is 32.1. The molecule has 66 heavy (non-hydrogen) atoms. The fraction of sp³-hybridized carbons (Fsp3) is 0.772. The molecule has 0 rings (SSSR count). The molecule has 0 fully saturated rings. The molecule has 0 aromatic heterocycles. The molecule has 9 nitrogen and oxygen atoms in total. The molecule has 2 unspecified atom stereocenters. The third-order valence-corrected chi connectivity index (χ3v) is 11.5. The highest BCUT2D eigenvalue weighted by atomic mass is 16.7. The van der Waals surface area contributed by atoms with Crippen LogP contribution in [0.15, 0.2) is 60.8 Å². The summed E-state index contributed by atoms with van der Waals surface area (Å²) in [4.78, 5) is 37.1. The molecule has 9 heteroatoms. The number of hydrogen-bond acceptors (Lipinski definition) is 8. The van der Waals surface area contributed by atoms with E-state index in [4.69, 9.17) is 18.9 Å². The van der Waals surface area contributed by atoms with Gasteiger partial charge >= 0.3 is 11.9 Å². The second-order valence-electron chi connectivity index (χ2n) is 19.1. The number of likely N-dealkylation sites (N-methyl/N-ethyl adjacent to an activating group) is 1. The highest BCUT2D eigenvalue weighted by Gasteiger charge is 2.22. The molecule has 0 amide bonds. The highest BCUT2D eigenvalue weighted by Crippen LogP contribution is 2.16. The smallest absolute Gasteiger partial charge is 0.306 e. The van der Waals surface area contributed by atoms with Crippen LogP contribution < -0.4 is 5.11 Å². The van der Waals surface area contributed by atoms with Gasteiger partial charge < -0.3 is 33.3 Å². The van der Waals surface area contributed by atoms with Crippen molar-refractivity contribution in [1.29, 1.82) is 0 Å². The second-order valence-corrected chi connectivity index (χ2v) is 19.1. The number of ether oxygens (including phenoxy) is 4. The Morgan fingerprint density at radius 3 is 1.29 bits per heavy atom. The molecule has 0 saturated heterocycles. The van der Waals surface area contributed by atoms with Crippen LogP contribution >= 0.6 is 0 Å². The molecule has 2 atom stereocenters. The number of aliphatic carboxylic acids is 1. The lowest BCUT2D eigenvalue weighted by atomic mass is 10.0. The summed E-state index contributed by atoms with van der Waals surface area (Å²) in [6, 6.07) is 0. The Kier molecular flexibility index (Phi) is 46.2. The molecular formula is C57H101NO8. The van der Waals surface area contributed by atoms with Crippen molar-refractivity contribution in [1.82, 2.24) is 0 Å². The minimum atomic E-state index is -1.62. The maximum absolute atomic E-state index is 12.8. The first kappa shape index (κ1) is 63.0. The maximum Gasteiger partial charge on any atom is 0.306 e. The van der Waals surface area contributed by atoms with E-state index >= 15 is 0 Å². The van der Waals surface area contributed by atoms with Crippen LogP contribution in [0.4, 0.5) is 0 Å². The zero-order chi connectivity index (χ0) is 48.4. The maximum atomic E-state index is 12.8. The topological polar surface area (TPSA) is 111 Å². The third kappa shape index (κ3) is 48.9. The van der Waals surface area contributed by atoms with Crippen molar-refractivity contribution in [2.24, 2.45) is 0 Å². The summed E-state index contributed by atoms with van der Waals surface area (Å²) in [6.07, 6.45) is 56.9. The average Bonchev–Trinajstić information content (AvgIpc) is 3.28. The molecule has 0 radical (unpaired) electrons. The lowest BCUT2D eigenvalue weighted by molar-refractivity contribution is -0.870. The van der Waals surface area contributed by atoms with Crippen LogP contribution in [-0.2, 0) is 33.3 Å². The van der Waals surface area contributed by atoms with Crippen molar-refractivity contribution in [3.8, 4) is 0 Å². The number of unbranched alkanes of at least 4 members (excludes halogenated alkanes) is 24. The van der Waals surface area contributed by atoms with Gasteiger partial charge in [-0.25, -0.2) is 0 Å². The van der Waals surface area contributed by atoms with Crippen LogP contribution in [0.2, 0.25) is 0 Å². The summed E-state index contributed by atoms with van der Waals surface area (Å²) in [5.41, 5.74) is 0. The van der Waals surface area contributed by atoms with Crippen molar-refractivity contribution in [3.05, 3.63) is 60.8 Å². The Balaban J connectivity index is 4.18. The van der Waals surface area contributed by atoms with E-state index in [-0.39, 0.29) is 32.2 Å². The van der Waals surface area contributed by atoms with E-state index in [1.54, 1.807) is 0 Å². The minimum absolute atomic E-state index is 0.147. The standard InChI is InChI=1S/C57H101NO8/c1-6-8-10-12-14-16-18-20-21-22-23-24-25-26-27-28-29-30-31-32-33-34-35-36-38-40-42-44-46-48-55(60)66-53(52-65-57(56(61)62)63-50-49-58(3,4)5)51-64-54(59)47-45-43-41-39-37-19-17-15-13-11-9-7-2/h8,10,14,16,20-21,23-24,26-27,53,57H,6-7,9,11-13,15,17-19,22,25,28-52H2,1-5H3/b10-8-,16-14-,21-20-,24-23-,27-26-. The van der Waals surface area contributed by atoms with E-state index in [1.165, 1.54) is 122 Å². The molecule has 382 valence electrons. The highest BCUT2D eigenvalue weighted by molar-refractivity contribution is 5.70. The SMILES string of the molecule is CC/C=C\C/C=C\C/C=C\C/C=C\C/C=C\CCCCCCCCCCCCCCCC(=O)OC(COC(=O)CCCCCCCCCCCCCC)COC(OCC[N+](C)(C)C)C(=O)[O-]. The molecule has 0 saturated carbocycles. The lowest BCUT2D eigenvalue weighted by Crippen LogP contribution is -2.44. The number of rotatable bonds is 49. The second kappa shape index (κ2) is 48.4. The van der Waals surface area contributed by atoms with E-state index in [0.29, 0.717) is 23.9 Å². The van der Waals surface area contributed by atoms with Crippen molar-refractivity contribution in [2.75, 3.05) is 47.5 Å².